The van der Waals surface area contributed by atoms with E-state index in [9.17, 15) is 14.4 Å². The molecule has 0 heterocycles. The summed E-state index contributed by atoms with van der Waals surface area (Å²) in [4.78, 5) is 39.8. The molecule has 1 fully saturated rings. The Labute approximate surface area is 174 Å². The van der Waals surface area contributed by atoms with Gasteiger partial charge in [0, 0.05) is 0 Å². The second-order valence-electron chi connectivity index (χ2n) is 9.13. The highest BCUT2D eigenvalue weighted by molar-refractivity contribution is 5.90. The fourth-order valence-electron chi connectivity index (χ4n) is 3.44. The standard InChI is InChI=1S/C22H35NO6/c1-10-14-13-15(11-2)17(16(14)18(24)27-12-3)23(19(25)28-21(4,5)6)20(26)29-22(7,8)9/h10-11,14-17H,1-2,12-13H2,3-9H3/t14-,15+,16-,17-/m0/s1. The van der Waals surface area contributed by atoms with E-state index in [1.165, 1.54) is 0 Å². The second kappa shape index (κ2) is 9.46. The van der Waals surface area contributed by atoms with Crippen molar-refractivity contribution in [1.82, 2.24) is 4.90 Å². The molecular formula is C22H35NO6. The minimum absolute atomic E-state index is 0.184. The van der Waals surface area contributed by atoms with Gasteiger partial charge in [-0.15, -0.1) is 13.2 Å². The number of carbonyl (C=O) groups excluding carboxylic acids is 3. The van der Waals surface area contributed by atoms with Gasteiger partial charge >= 0.3 is 18.2 Å². The molecule has 7 nitrogen and oxygen atoms in total. The van der Waals surface area contributed by atoms with Crippen LogP contribution < -0.4 is 0 Å². The Kier molecular flexibility index (Phi) is 8.07. The summed E-state index contributed by atoms with van der Waals surface area (Å²) in [6.07, 6.45) is 2.05. The number of carbonyl (C=O) groups is 3. The minimum Gasteiger partial charge on any atom is -0.466 e. The number of esters is 1. The maximum atomic E-state index is 13.0. The van der Waals surface area contributed by atoms with E-state index >= 15 is 0 Å². The van der Waals surface area contributed by atoms with Crippen LogP contribution in [-0.4, -0.2) is 46.9 Å². The lowest BCUT2D eigenvalue weighted by Crippen LogP contribution is -2.54. The maximum absolute atomic E-state index is 13.0. The molecule has 1 aliphatic carbocycles. The van der Waals surface area contributed by atoms with Gasteiger partial charge in [-0.1, -0.05) is 12.2 Å². The molecule has 0 aliphatic heterocycles. The van der Waals surface area contributed by atoms with Gasteiger partial charge in [0.05, 0.1) is 18.6 Å². The van der Waals surface area contributed by atoms with Crippen LogP contribution in [0.25, 0.3) is 0 Å². The van der Waals surface area contributed by atoms with Gasteiger partial charge < -0.3 is 14.2 Å². The Morgan fingerprint density at radius 3 is 1.72 bits per heavy atom. The topological polar surface area (TPSA) is 82.1 Å². The van der Waals surface area contributed by atoms with Crippen LogP contribution in [0.4, 0.5) is 9.59 Å². The van der Waals surface area contributed by atoms with Crippen molar-refractivity contribution in [1.29, 1.82) is 0 Å². The largest absolute Gasteiger partial charge is 0.466 e. The summed E-state index contributed by atoms with van der Waals surface area (Å²) < 4.78 is 16.2. The SMILES string of the molecule is C=C[C@@H]1C[C@H](C=C)[C@H](C(=O)OCC)[C@H]1N(C(=O)OC(C)(C)C)C(=O)OC(C)(C)C. The molecule has 0 aromatic rings. The molecule has 1 aliphatic rings. The highest BCUT2D eigenvalue weighted by Gasteiger charge is 2.53. The molecule has 0 unspecified atom stereocenters. The van der Waals surface area contributed by atoms with Crippen LogP contribution in [0.1, 0.15) is 54.9 Å². The van der Waals surface area contributed by atoms with Crippen molar-refractivity contribution in [2.75, 3.05) is 6.61 Å². The van der Waals surface area contributed by atoms with E-state index in [1.54, 1.807) is 60.6 Å². The first-order valence-corrected chi connectivity index (χ1v) is 9.92. The van der Waals surface area contributed by atoms with Crippen molar-refractivity contribution in [3.8, 4) is 0 Å². The van der Waals surface area contributed by atoms with Crippen molar-refractivity contribution in [2.45, 2.75) is 72.1 Å². The monoisotopic (exact) mass is 409 g/mol. The number of amides is 2. The first kappa shape index (κ1) is 24.7. The van der Waals surface area contributed by atoms with E-state index in [2.05, 4.69) is 13.2 Å². The highest BCUT2D eigenvalue weighted by Crippen LogP contribution is 2.42. The Morgan fingerprint density at radius 2 is 1.38 bits per heavy atom. The number of allylic oxidation sites excluding steroid dienone is 1. The fraction of sp³-hybridized carbons (Fsp3) is 0.682. The highest BCUT2D eigenvalue weighted by atomic mass is 16.6. The third-order valence-electron chi connectivity index (χ3n) is 4.45. The fourth-order valence-corrected chi connectivity index (χ4v) is 3.44. The van der Waals surface area contributed by atoms with Crippen LogP contribution in [0.15, 0.2) is 25.3 Å². The molecule has 0 N–H and O–H groups in total. The van der Waals surface area contributed by atoms with Crippen LogP contribution in [0.2, 0.25) is 0 Å². The number of nitrogens with zero attached hydrogens (tertiary/aromatic N) is 1. The first-order valence-electron chi connectivity index (χ1n) is 9.92. The smallest absolute Gasteiger partial charge is 0.420 e. The molecule has 4 atom stereocenters. The molecule has 0 saturated heterocycles. The quantitative estimate of drug-likeness (QED) is 0.371. The molecule has 0 radical (unpaired) electrons. The number of hydrogen-bond acceptors (Lipinski definition) is 6. The van der Waals surface area contributed by atoms with Crippen LogP contribution >= 0.6 is 0 Å². The number of ether oxygens (including phenoxy) is 3. The Balaban J connectivity index is 3.48. The number of rotatable bonds is 5. The van der Waals surface area contributed by atoms with Crippen LogP contribution in [-0.2, 0) is 19.0 Å². The molecule has 0 aromatic heterocycles. The lowest BCUT2D eigenvalue weighted by atomic mass is 9.92. The van der Waals surface area contributed by atoms with E-state index in [0.717, 1.165) is 4.90 Å². The van der Waals surface area contributed by atoms with Crippen molar-refractivity contribution >= 4 is 18.2 Å². The average molecular weight is 410 g/mol. The molecule has 1 saturated carbocycles. The first-order chi connectivity index (χ1) is 13.3. The van der Waals surface area contributed by atoms with Gasteiger partial charge in [0.25, 0.3) is 0 Å². The average Bonchev–Trinajstić information content (AvgIpc) is 2.90. The zero-order chi connectivity index (χ0) is 22.6. The molecule has 164 valence electrons. The van der Waals surface area contributed by atoms with Gasteiger partial charge in [-0.05, 0) is 66.7 Å². The summed E-state index contributed by atoms with van der Waals surface area (Å²) in [5.41, 5.74) is -1.67. The van der Waals surface area contributed by atoms with Crippen LogP contribution in [0, 0.1) is 17.8 Å². The molecule has 0 bridgehead atoms. The molecule has 29 heavy (non-hydrogen) atoms. The number of imide groups is 1. The van der Waals surface area contributed by atoms with Gasteiger partial charge in [0.15, 0.2) is 0 Å². The van der Waals surface area contributed by atoms with Crippen molar-refractivity contribution < 1.29 is 28.6 Å². The Morgan fingerprint density at radius 1 is 0.931 bits per heavy atom. The van der Waals surface area contributed by atoms with Gasteiger partial charge in [-0.2, -0.15) is 0 Å². The van der Waals surface area contributed by atoms with Gasteiger partial charge in [0.2, 0.25) is 0 Å². The third kappa shape index (κ3) is 6.61. The van der Waals surface area contributed by atoms with Crippen molar-refractivity contribution in [3.63, 3.8) is 0 Å². The van der Waals surface area contributed by atoms with E-state index in [-0.39, 0.29) is 18.4 Å². The Bertz CT molecular complexity index is 615. The summed E-state index contributed by atoms with van der Waals surface area (Å²) in [7, 11) is 0. The van der Waals surface area contributed by atoms with Crippen LogP contribution in [0.5, 0.6) is 0 Å². The second-order valence-corrected chi connectivity index (χ2v) is 9.13. The lowest BCUT2D eigenvalue weighted by Gasteiger charge is -2.35. The molecule has 2 amide bonds. The third-order valence-corrected chi connectivity index (χ3v) is 4.45. The van der Waals surface area contributed by atoms with Gasteiger partial charge in [-0.3, -0.25) is 4.79 Å². The van der Waals surface area contributed by atoms with Gasteiger partial charge in [0.1, 0.15) is 11.2 Å². The lowest BCUT2D eigenvalue weighted by molar-refractivity contribution is -0.150. The Hall–Kier alpha value is -2.31. The maximum Gasteiger partial charge on any atom is 0.420 e. The van der Waals surface area contributed by atoms with E-state index < -0.39 is 41.3 Å². The van der Waals surface area contributed by atoms with E-state index in [1.807, 2.05) is 0 Å². The van der Waals surface area contributed by atoms with Crippen molar-refractivity contribution in [3.05, 3.63) is 25.3 Å². The van der Waals surface area contributed by atoms with E-state index in [0.29, 0.717) is 6.42 Å². The summed E-state index contributed by atoms with van der Waals surface area (Å²) in [6, 6.07) is -0.848. The zero-order valence-electron chi connectivity index (χ0n) is 18.7. The predicted molar refractivity (Wildman–Crippen MR) is 110 cm³/mol. The molecule has 7 heteroatoms. The predicted octanol–water partition coefficient (Wildman–Crippen LogP) is 4.71. The molecule has 1 rings (SSSR count). The number of hydrogen-bond donors (Lipinski definition) is 0. The minimum atomic E-state index is -0.873. The van der Waals surface area contributed by atoms with Crippen molar-refractivity contribution in [2.24, 2.45) is 17.8 Å². The van der Waals surface area contributed by atoms with E-state index in [4.69, 9.17) is 14.2 Å². The molecular weight excluding hydrogens is 374 g/mol. The summed E-state index contributed by atoms with van der Waals surface area (Å²) in [6.45, 7) is 19.7. The molecule has 0 aromatic carbocycles. The van der Waals surface area contributed by atoms with Gasteiger partial charge in [-0.25, -0.2) is 14.5 Å². The summed E-state index contributed by atoms with van der Waals surface area (Å²) in [5, 5.41) is 0. The normalized spacial score (nSPS) is 24.4. The molecule has 0 spiro atoms. The zero-order valence-corrected chi connectivity index (χ0v) is 18.7. The summed E-state index contributed by atoms with van der Waals surface area (Å²) >= 11 is 0. The van der Waals surface area contributed by atoms with Crippen LogP contribution in [0.3, 0.4) is 0 Å². The summed E-state index contributed by atoms with van der Waals surface area (Å²) in [5.74, 6) is -1.90.